The number of likely N-dealkylation sites (tertiary alicyclic amines) is 1. The first-order valence-corrected chi connectivity index (χ1v) is 8.66. The lowest BCUT2D eigenvalue weighted by Gasteiger charge is -2.38. The van der Waals surface area contributed by atoms with Gasteiger partial charge in [0.2, 0.25) is 5.91 Å². The van der Waals surface area contributed by atoms with Crippen LogP contribution in [0.25, 0.3) is 0 Å². The number of methoxy groups -OCH3 is 1. The summed E-state index contributed by atoms with van der Waals surface area (Å²) in [5, 5.41) is 0. The monoisotopic (exact) mass is 363 g/mol. The molecule has 0 saturated carbocycles. The Morgan fingerprint density at radius 2 is 2.15 bits per heavy atom. The van der Waals surface area contributed by atoms with Crippen LogP contribution in [0.5, 0.6) is 11.5 Å². The average molecular weight is 363 g/mol. The van der Waals surface area contributed by atoms with Crippen LogP contribution in [0.2, 0.25) is 0 Å². The molecular weight excluding hydrogens is 338 g/mol. The maximum atomic E-state index is 12.9. The van der Waals surface area contributed by atoms with E-state index in [2.05, 4.69) is 0 Å². The van der Waals surface area contributed by atoms with Crippen molar-refractivity contribution in [3.05, 3.63) is 23.8 Å². The van der Waals surface area contributed by atoms with Gasteiger partial charge in [0.25, 0.3) is 5.91 Å². The third-order valence-corrected chi connectivity index (χ3v) is 4.84. The van der Waals surface area contributed by atoms with Gasteiger partial charge < -0.3 is 29.7 Å². The highest BCUT2D eigenvalue weighted by Gasteiger charge is 2.45. The number of nitrogens with zero attached hydrogens (tertiary/aromatic N) is 2. The summed E-state index contributed by atoms with van der Waals surface area (Å²) in [7, 11) is 3.32. The van der Waals surface area contributed by atoms with Crippen molar-refractivity contribution in [3.63, 3.8) is 0 Å². The first kappa shape index (κ1) is 18.5. The Morgan fingerprint density at radius 3 is 2.85 bits per heavy atom. The van der Waals surface area contributed by atoms with Crippen molar-refractivity contribution in [1.29, 1.82) is 0 Å². The van der Waals surface area contributed by atoms with Crippen LogP contribution in [0.15, 0.2) is 18.2 Å². The van der Waals surface area contributed by atoms with Gasteiger partial charge in [-0.1, -0.05) is 0 Å². The Balaban J connectivity index is 1.73. The molecule has 1 aromatic carbocycles. The van der Waals surface area contributed by atoms with Gasteiger partial charge in [0, 0.05) is 25.7 Å². The molecule has 3 rings (SSSR count). The molecule has 2 saturated heterocycles. The second-order valence-corrected chi connectivity index (χ2v) is 6.70. The van der Waals surface area contributed by atoms with Crippen molar-refractivity contribution in [2.75, 3.05) is 53.6 Å². The Kier molecular flexibility index (Phi) is 5.33. The van der Waals surface area contributed by atoms with Crippen LogP contribution in [0.4, 0.5) is 0 Å². The van der Waals surface area contributed by atoms with Crippen LogP contribution in [0, 0.1) is 0 Å². The van der Waals surface area contributed by atoms with Gasteiger partial charge in [-0.3, -0.25) is 9.59 Å². The third kappa shape index (κ3) is 3.61. The molecule has 1 atom stereocenters. The van der Waals surface area contributed by atoms with Gasteiger partial charge in [-0.15, -0.1) is 0 Å². The van der Waals surface area contributed by atoms with E-state index in [0.29, 0.717) is 56.3 Å². The number of nitrogens with two attached hydrogens (primary N) is 1. The van der Waals surface area contributed by atoms with Crippen LogP contribution < -0.4 is 15.2 Å². The van der Waals surface area contributed by atoms with E-state index in [4.69, 9.17) is 19.9 Å². The predicted molar refractivity (Wildman–Crippen MR) is 94.4 cm³/mol. The summed E-state index contributed by atoms with van der Waals surface area (Å²) in [5.74, 6) is 0.933. The van der Waals surface area contributed by atoms with E-state index in [1.54, 1.807) is 42.2 Å². The zero-order valence-corrected chi connectivity index (χ0v) is 15.2. The molecule has 0 radical (unpaired) electrons. The second kappa shape index (κ2) is 7.51. The van der Waals surface area contributed by atoms with Crippen molar-refractivity contribution < 1.29 is 23.8 Å². The van der Waals surface area contributed by atoms with E-state index in [1.807, 2.05) is 0 Å². The van der Waals surface area contributed by atoms with Gasteiger partial charge in [-0.2, -0.15) is 0 Å². The van der Waals surface area contributed by atoms with E-state index in [1.165, 1.54) is 0 Å². The summed E-state index contributed by atoms with van der Waals surface area (Å²) in [6.45, 7) is 2.34. The highest BCUT2D eigenvalue weighted by Crippen LogP contribution is 2.32. The molecule has 2 N–H and O–H groups in total. The molecule has 8 heteroatoms. The average Bonchev–Trinajstić information content (AvgIpc) is 3.06. The minimum absolute atomic E-state index is 0.0303. The fourth-order valence-electron chi connectivity index (χ4n) is 3.43. The lowest BCUT2D eigenvalue weighted by molar-refractivity contribution is -0.158. The van der Waals surface area contributed by atoms with Gasteiger partial charge in [0.15, 0.2) is 11.5 Å². The Labute approximate surface area is 152 Å². The van der Waals surface area contributed by atoms with Crippen molar-refractivity contribution in [1.82, 2.24) is 9.80 Å². The quantitative estimate of drug-likeness (QED) is 0.798. The van der Waals surface area contributed by atoms with Crippen LogP contribution in [-0.2, 0) is 9.53 Å². The summed E-state index contributed by atoms with van der Waals surface area (Å²) in [6, 6.07) is 5.12. The molecule has 1 spiro atoms. The van der Waals surface area contributed by atoms with Crippen molar-refractivity contribution in [2.24, 2.45) is 5.73 Å². The summed E-state index contributed by atoms with van der Waals surface area (Å²) in [4.78, 5) is 28.0. The number of benzene rings is 1. The van der Waals surface area contributed by atoms with Gasteiger partial charge in [0.05, 0.1) is 20.2 Å². The SMILES string of the molecule is COc1ccc(C(=O)N2CC[C@@]3(CN(C)C(=O)CO3)C2)cc1OCCN. The Bertz CT molecular complexity index is 695. The molecule has 0 unspecified atom stereocenters. The zero-order valence-electron chi connectivity index (χ0n) is 15.2. The molecule has 8 nitrogen and oxygen atoms in total. The summed E-state index contributed by atoms with van der Waals surface area (Å²) >= 11 is 0. The van der Waals surface area contributed by atoms with E-state index in [9.17, 15) is 9.59 Å². The van der Waals surface area contributed by atoms with Gasteiger partial charge in [-0.05, 0) is 24.6 Å². The number of ether oxygens (including phenoxy) is 3. The highest BCUT2D eigenvalue weighted by atomic mass is 16.5. The van der Waals surface area contributed by atoms with E-state index in [0.717, 1.165) is 0 Å². The van der Waals surface area contributed by atoms with Crippen molar-refractivity contribution >= 4 is 11.8 Å². The molecule has 2 aliphatic rings. The van der Waals surface area contributed by atoms with Gasteiger partial charge in [0.1, 0.15) is 18.8 Å². The topological polar surface area (TPSA) is 94.3 Å². The van der Waals surface area contributed by atoms with E-state index >= 15 is 0 Å². The van der Waals surface area contributed by atoms with Gasteiger partial charge >= 0.3 is 0 Å². The lowest BCUT2D eigenvalue weighted by Crippen LogP contribution is -2.54. The second-order valence-electron chi connectivity index (χ2n) is 6.70. The number of amides is 2. The maximum absolute atomic E-state index is 12.9. The molecule has 2 aliphatic heterocycles. The molecule has 0 bridgehead atoms. The lowest BCUT2D eigenvalue weighted by atomic mass is 10.0. The predicted octanol–water partition coefficient (Wildman–Crippen LogP) is 0.106. The zero-order chi connectivity index (χ0) is 18.7. The molecule has 26 heavy (non-hydrogen) atoms. The van der Waals surface area contributed by atoms with Crippen molar-refractivity contribution in [2.45, 2.75) is 12.0 Å². The summed E-state index contributed by atoms with van der Waals surface area (Å²) < 4.78 is 16.6. The van der Waals surface area contributed by atoms with Crippen LogP contribution in [0.3, 0.4) is 0 Å². The largest absolute Gasteiger partial charge is 0.493 e. The Morgan fingerprint density at radius 1 is 1.35 bits per heavy atom. The summed E-state index contributed by atoms with van der Waals surface area (Å²) in [6.07, 6.45) is 0.711. The van der Waals surface area contributed by atoms with Gasteiger partial charge in [-0.25, -0.2) is 0 Å². The number of carbonyl (C=O) groups is 2. The minimum atomic E-state index is -0.469. The van der Waals surface area contributed by atoms with Crippen LogP contribution in [0.1, 0.15) is 16.8 Å². The summed E-state index contributed by atoms with van der Waals surface area (Å²) in [5.41, 5.74) is 5.54. The maximum Gasteiger partial charge on any atom is 0.254 e. The standard InChI is InChI=1S/C18H25N3O5/c1-20-11-18(26-10-16(20)22)5-7-21(12-18)17(23)13-3-4-14(24-2)15(9-13)25-8-6-19/h3-4,9H,5-8,10-12,19H2,1-2H3/t18-/m1/s1. The highest BCUT2D eigenvalue weighted by molar-refractivity contribution is 5.95. The molecule has 2 heterocycles. The molecular formula is C18H25N3O5. The first-order chi connectivity index (χ1) is 12.5. The van der Waals surface area contributed by atoms with Crippen LogP contribution >= 0.6 is 0 Å². The van der Waals surface area contributed by atoms with E-state index in [-0.39, 0.29) is 18.4 Å². The molecule has 0 aromatic heterocycles. The third-order valence-electron chi connectivity index (χ3n) is 4.84. The fraction of sp³-hybridized carbons (Fsp3) is 0.556. The molecule has 0 aliphatic carbocycles. The number of hydrogen-bond donors (Lipinski definition) is 1. The molecule has 2 amide bonds. The van der Waals surface area contributed by atoms with Crippen molar-refractivity contribution in [3.8, 4) is 11.5 Å². The number of carbonyl (C=O) groups excluding carboxylic acids is 2. The normalized spacial score (nSPS) is 22.8. The number of rotatable bonds is 5. The Hall–Kier alpha value is -2.32. The molecule has 1 aromatic rings. The fourth-order valence-corrected chi connectivity index (χ4v) is 3.43. The minimum Gasteiger partial charge on any atom is -0.493 e. The smallest absolute Gasteiger partial charge is 0.254 e. The number of likely N-dealkylation sites (N-methyl/N-ethyl adjacent to an activating group) is 1. The molecule has 2 fully saturated rings. The molecule has 142 valence electrons. The van der Waals surface area contributed by atoms with E-state index < -0.39 is 5.60 Å². The first-order valence-electron chi connectivity index (χ1n) is 8.66. The van der Waals surface area contributed by atoms with Crippen LogP contribution in [-0.4, -0.2) is 80.8 Å². The number of hydrogen-bond acceptors (Lipinski definition) is 6. The number of morpholine rings is 1.